The molecule has 3 heterocycles. The van der Waals surface area contributed by atoms with Crippen molar-refractivity contribution in [3.63, 3.8) is 0 Å². The Morgan fingerprint density at radius 3 is 2.47 bits per heavy atom. The Bertz CT molecular complexity index is 1370. The van der Waals surface area contributed by atoms with Crippen LogP contribution < -0.4 is 10.2 Å². The van der Waals surface area contributed by atoms with Crippen LogP contribution in [0.3, 0.4) is 0 Å². The smallest absolute Gasteiger partial charge is 0.296 e. The number of halogens is 3. The number of alkyl halides is 2. The minimum Gasteiger partial charge on any atom is -0.378 e. The predicted molar refractivity (Wildman–Crippen MR) is 130 cm³/mol. The fourth-order valence-electron chi connectivity index (χ4n) is 4.32. The SMILES string of the molecule is CC(C)(Cc1cccc(F)c1)Nc1nc(N2CCOCC2)nc(-n2c(C(F)F)nc3ccccc32)n1. The second-order valence-electron chi connectivity index (χ2n) is 9.27. The van der Waals surface area contributed by atoms with Gasteiger partial charge in [0.15, 0.2) is 5.82 Å². The van der Waals surface area contributed by atoms with Gasteiger partial charge in [-0.1, -0.05) is 24.3 Å². The number of fused-ring (bicyclic) bond motifs is 1. The first-order valence-electron chi connectivity index (χ1n) is 11.7. The van der Waals surface area contributed by atoms with E-state index in [0.717, 1.165) is 5.56 Å². The van der Waals surface area contributed by atoms with Crippen molar-refractivity contribution in [2.24, 2.45) is 0 Å². The number of imidazole rings is 1. The first kappa shape index (κ1) is 24.0. The van der Waals surface area contributed by atoms with Crippen molar-refractivity contribution >= 4 is 22.9 Å². The number of aromatic nitrogens is 5. The summed E-state index contributed by atoms with van der Waals surface area (Å²) in [5.41, 5.74) is 1.10. The maximum absolute atomic E-state index is 14.0. The largest absolute Gasteiger partial charge is 0.378 e. The van der Waals surface area contributed by atoms with Crippen molar-refractivity contribution < 1.29 is 17.9 Å². The molecule has 0 spiro atoms. The summed E-state index contributed by atoms with van der Waals surface area (Å²) in [5.74, 6) is -0.141. The quantitative estimate of drug-likeness (QED) is 0.401. The molecule has 188 valence electrons. The van der Waals surface area contributed by atoms with E-state index in [0.29, 0.717) is 49.7 Å². The van der Waals surface area contributed by atoms with E-state index in [1.807, 2.05) is 24.8 Å². The maximum atomic E-state index is 14.0. The third-order valence-electron chi connectivity index (χ3n) is 5.87. The molecule has 0 bridgehead atoms. The summed E-state index contributed by atoms with van der Waals surface area (Å²) in [7, 11) is 0. The van der Waals surface area contributed by atoms with Gasteiger partial charge < -0.3 is 15.0 Å². The first-order valence-corrected chi connectivity index (χ1v) is 11.7. The zero-order valence-electron chi connectivity index (χ0n) is 20.0. The van der Waals surface area contributed by atoms with E-state index >= 15 is 0 Å². The highest BCUT2D eigenvalue weighted by atomic mass is 19.3. The Hall–Kier alpha value is -3.73. The topological polar surface area (TPSA) is 81.0 Å². The number of para-hydroxylation sites is 2. The molecule has 0 saturated carbocycles. The highest BCUT2D eigenvalue weighted by molar-refractivity contribution is 5.77. The van der Waals surface area contributed by atoms with E-state index in [9.17, 15) is 13.2 Å². The number of anilines is 2. The summed E-state index contributed by atoms with van der Waals surface area (Å²) in [6, 6.07) is 13.2. The zero-order valence-corrected chi connectivity index (χ0v) is 20.0. The summed E-state index contributed by atoms with van der Waals surface area (Å²) in [5, 5.41) is 3.30. The number of ether oxygens (including phenoxy) is 1. The molecule has 0 radical (unpaired) electrons. The minimum atomic E-state index is -2.83. The van der Waals surface area contributed by atoms with Gasteiger partial charge in [-0.3, -0.25) is 4.57 Å². The summed E-state index contributed by atoms with van der Waals surface area (Å²) in [4.78, 5) is 19.8. The summed E-state index contributed by atoms with van der Waals surface area (Å²) < 4.78 is 48.5. The van der Waals surface area contributed by atoms with Crippen LogP contribution in [0, 0.1) is 5.82 Å². The third kappa shape index (κ3) is 5.11. The van der Waals surface area contributed by atoms with Crippen molar-refractivity contribution in [3.05, 3.63) is 65.7 Å². The average molecular weight is 498 g/mol. The molecule has 0 atom stereocenters. The molecule has 1 N–H and O–H groups in total. The van der Waals surface area contributed by atoms with E-state index in [1.165, 1.54) is 16.7 Å². The summed E-state index contributed by atoms with van der Waals surface area (Å²) in [6.07, 6.45) is -2.35. The van der Waals surface area contributed by atoms with Gasteiger partial charge in [-0.05, 0) is 50.1 Å². The Labute approximate surface area is 206 Å². The molecule has 2 aromatic carbocycles. The van der Waals surface area contributed by atoms with Gasteiger partial charge in [0.25, 0.3) is 6.43 Å². The third-order valence-corrected chi connectivity index (χ3v) is 5.87. The first-order chi connectivity index (χ1) is 17.3. The van der Waals surface area contributed by atoms with Crippen molar-refractivity contribution in [3.8, 4) is 5.95 Å². The Morgan fingerprint density at radius 2 is 1.72 bits per heavy atom. The molecule has 2 aromatic heterocycles. The second kappa shape index (κ2) is 9.73. The van der Waals surface area contributed by atoms with Gasteiger partial charge in [0, 0.05) is 18.6 Å². The molecule has 11 heteroatoms. The van der Waals surface area contributed by atoms with Crippen LogP contribution in [0.25, 0.3) is 17.0 Å². The van der Waals surface area contributed by atoms with Crippen LogP contribution >= 0.6 is 0 Å². The number of hydrogen-bond donors (Lipinski definition) is 1. The number of morpholine rings is 1. The van der Waals surface area contributed by atoms with Crippen LogP contribution in [-0.4, -0.2) is 56.3 Å². The van der Waals surface area contributed by atoms with Crippen LogP contribution in [0.4, 0.5) is 25.1 Å². The van der Waals surface area contributed by atoms with Crippen molar-refractivity contribution in [2.75, 3.05) is 36.5 Å². The molecule has 5 rings (SSSR count). The van der Waals surface area contributed by atoms with Gasteiger partial charge in [-0.25, -0.2) is 18.2 Å². The standard InChI is InChI=1S/C25H26F3N7O/c1-25(2,15-16-6-5-7-17(26)14-16)33-22-30-23(34-10-12-36-13-11-34)32-24(31-22)35-19-9-4-3-8-18(19)29-21(35)20(27)28/h3-9,14,20H,10-13,15H2,1-2H3,(H,30,31,32,33). The number of benzene rings is 2. The van der Waals surface area contributed by atoms with E-state index in [-0.39, 0.29) is 17.7 Å². The van der Waals surface area contributed by atoms with E-state index in [4.69, 9.17) is 4.74 Å². The van der Waals surface area contributed by atoms with Crippen molar-refractivity contribution in [1.82, 2.24) is 24.5 Å². The van der Waals surface area contributed by atoms with Gasteiger partial charge >= 0.3 is 0 Å². The lowest BCUT2D eigenvalue weighted by atomic mass is 9.95. The molecule has 1 fully saturated rings. The molecule has 36 heavy (non-hydrogen) atoms. The molecular weight excluding hydrogens is 471 g/mol. The molecule has 1 aliphatic heterocycles. The van der Waals surface area contributed by atoms with E-state index in [1.54, 1.807) is 30.3 Å². The predicted octanol–water partition coefficient (Wildman–Crippen LogP) is 4.56. The number of nitrogens with one attached hydrogen (secondary N) is 1. The fourth-order valence-corrected chi connectivity index (χ4v) is 4.32. The van der Waals surface area contributed by atoms with Crippen LogP contribution in [0.2, 0.25) is 0 Å². The molecule has 1 saturated heterocycles. The Balaban J connectivity index is 1.58. The monoisotopic (exact) mass is 497 g/mol. The molecule has 4 aromatic rings. The van der Waals surface area contributed by atoms with Crippen LogP contribution in [-0.2, 0) is 11.2 Å². The summed E-state index contributed by atoms with van der Waals surface area (Å²) in [6.45, 7) is 6.00. The molecule has 0 aliphatic carbocycles. The lowest BCUT2D eigenvalue weighted by molar-refractivity contribution is 0.122. The number of nitrogens with zero attached hydrogens (tertiary/aromatic N) is 6. The van der Waals surface area contributed by atoms with E-state index in [2.05, 4.69) is 25.3 Å². The molecule has 0 unspecified atom stereocenters. The Morgan fingerprint density at radius 1 is 0.972 bits per heavy atom. The summed E-state index contributed by atoms with van der Waals surface area (Å²) >= 11 is 0. The highest BCUT2D eigenvalue weighted by Gasteiger charge is 2.26. The lowest BCUT2D eigenvalue weighted by Crippen LogP contribution is -2.38. The fraction of sp³-hybridized carbons (Fsp3) is 0.360. The maximum Gasteiger partial charge on any atom is 0.296 e. The molecule has 1 aliphatic rings. The van der Waals surface area contributed by atoms with Crippen molar-refractivity contribution in [2.45, 2.75) is 32.2 Å². The van der Waals surface area contributed by atoms with Crippen LogP contribution in [0.1, 0.15) is 31.7 Å². The van der Waals surface area contributed by atoms with E-state index < -0.39 is 17.8 Å². The second-order valence-corrected chi connectivity index (χ2v) is 9.27. The van der Waals surface area contributed by atoms with Crippen LogP contribution in [0.5, 0.6) is 0 Å². The van der Waals surface area contributed by atoms with Crippen LogP contribution in [0.15, 0.2) is 48.5 Å². The van der Waals surface area contributed by atoms with Crippen molar-refractivity contribution in [1.29, 1.82) is 0 Å². The molecular formula is C25H26F3N7O. The van der Waals surface area contributed by atoms with Gasteiger partial charge in [0.05, 0.1) is 24.2 Å². The van der Waals surface area contributed by atoms with Gasteiger partial charge in [0.1, 0.15) is 5.82 Å². The highest BCUT2D eigenvalue weighted by Crippen LogP contribution is 2.28. The number of hydrogen-bond acceptors (Lipinski definition) is 7. The van der Waals surface area contributed by atoms with Gasteiger partial charge in [0.2, 0.25) is 17.8 Å². The van der Waals surface area contributed by atoms with Gasteiger partial charge in [-0.15, -0.1) is 0 Å². The average Bonchev–Trinajstić information content (AvgIpc) is 3.24. The minimum absolute atomic E-state index is 0.0412. The van der Waals surface area contributed by atoms with Gasteiger partial charge in [-0.2, -0.15) is 15.0 Å². The normalized spacial score (nSPS) is 14.6. The Kier molecular flexibility index (Phi) is 6.48. The lowest BCUT2D eigenvalue weighted by Gasteiger charge is -2.29. The number of rotatable bonds is 7. The molecule has 8 nitrogen and oxygen atoms in total. The molecule has 0 amide bonds. The zero-order chi connectivity index (χ0) is 25.3.